The molecule has 0 aliphatic rings. The van der Waals surface area contributed by atoms with Gasteiger partial charge in [0.15, 0.2) is 5.65 Å². The molecule has 10 heteroatoms. The summed E-state index contributed by atoms with van der Waals surface area (Å²) in [4.78, 5) is 16.7. The van der Waals surface area contributed by atoms with Gasteiger partial charge in [-0.25, -0.2) is 4.98 Å². The maximum absolute atomic E-state index is 12.3. The lowest BCUT2D eigenvalue weighted by atomic mass is 10.2. The second-order valence-corrected chi connectivity index (χ2v) is 6.28. The Hall–Kier alpha value is -3.09. The number of nitrogens with zero attached hydrogens (tertiary/aromatic N) is 5. The van der Waals surface area contributed by atoms with Gasteiger partial charge in [-0.15, -0.1) is 0 Å². The van der Waals surface area contributed by atoms with Crippen LogP contribution in [0.2, 0.25) is 5.02 Å². The number of anilines is 2. The minimum absolute atomic E-state index is 0.109. The molecule has 3 heterocycles. The smallest absolute Gasteiger partial charge is 0.253 e. The van der Waals surface area contributed by atoms with E-state index in [2.05, 4.69) is 15.4 Å². The van der Waals surface area contributed by atoms with Gasteiger partial charge in [0.2, 0.25) is 0 Å². The number of pyridine rings is 1. The van der Waals surface area contributed by atoms with E-state index in [-0.39, 0.29) is 35.9 Å². The van der Waals surface area contributed by atoms with E-state index in [9.17, 15) is 10.1 Å². The molecule has 0 radical (unpaired) electrons. The highest BCUT2D eigenvalue weighted by molar-refractivity contribution is 6.34. The first kappa shape index (κ1) is 18.7. The minimum atomic E-state index is -0.161. The minimum Gasteiger partial charge on any atom is -0.395 e. The number of nitrogens with two attached hydrogens (primary N) is 1. The van der Waals surface area contributed by atoms with Crippen LogP contribution in [0.4, 0.5) is 11.6 Å². The first-order valence-electron chi connectivity index (χ1n) is 8.25. The van der Waals surface area contributed by atoms with Gasteiger partial charge < -0.3 is 20.7 Å². The van der Waals surface area contributed by atoms with Crippen LogP contribution in [0.25, 0.3) is 5.65 Å². The summed E-state index contributed by atoms with van der Waals surface area (Å²) in [6, 6.07) is 5.50. The number of hydrogen-bond acceptors (Lipinski definition) is 7. The van der Waals surface area contributed by atoms with Crippen LogP contribution >= 0.6 is 11.6 Å². The van der Waals surface area contributed by atoms with E-state index in [0.29, 0.717) is 34.9 Å². The van der Waals surface area contributed by atoms with Gasteiger partial charge >= 0.3 is 0 Å². The predicted octanol–water partition coefficient (Wildman–Crippen LogP) is 0.954. The van der Waals surface area contributed by atoms with E-state index in [4.69, 9.17) is 22.4 Å². The van der Waals surface area contributed by atoms with Gasteiger partial charge in [0, 0.05) is 24.8 Å². The summed E-state index contributed by atoms with van der Waals surface area (Å²) in [5, 5.41) is 26.0. The lowest BCUT2D eigenvalue weighted by Gasteiger charge is -2.11. The number of fused-ring (bicyclic) bond motifs is 1. The zero-order chi connectivity index (χ0) is 19.6. The second kappa shape index (κ2) is 7.65. The predicted molar refractivity (Wildman–Crippen MR) is 102 cm³/mol. The van der Waals surface area contributed by atoms with Crippen LogP contribution in [0.15, 0.2) is 23.1 Å². The quantitative estimate of drug-likeness (QED) is 0.573. The molecule has 3 rings (SSSR count). The average Bonchev–Trinajstić information content (AvgIpc) is 2.94. The molecule has 0 bridgehead atoms. The fraction of sp³-hybridized carbons (Fsp3) is 0.294. The van der Waals surface area contributed by atoms with Crippen LogP contribution in [0.5, 0.6) is 0 Å². The summed E-state index contributed by atoms with van der Waals surface area (Å²) >= 11 is 6.20. The Bertz CT molecular complexity index is 1100. The molecule has 9 nitrogen and oxygen atoms in total. The van der Waals surface area contributed by atoms with Gasteiger partial charge in [-0.3, -0.25) is 4.79 Å². The molecular formula is C17H18ClN7O2. The molecule has 4 N–H and O–H groups in total. The van der Waals surface area contributed by atoms with Gasteiger partial charge in [0.05, 0.1) is 12.3 Å². The van der Waals surface area contributed by atoms with Crippen molar-refractivity contribution in [2.24, 2.45) is 0 Å². The number of aliphatic hydroxyl groups excluding tert-OH is 1. The lowest BCUT2D eigenvalue weighted by molar-refractivity contribution is 0.274. The number of nitrogens with one attached hydrogen (secondary N) is 1. The van der Waals surface area contributed by atoms with Gasteiger partial charge in [-0.2, -0.15) is 14.9 Å². The standard InChI is InChI=1S/C17H18ClN7O2/c1-10-13(18)16-22-15(12(9-19)14(20)25(16)23-10)21-5-4-11-3-2-6-24(7-8-26)17(11)27/h2-3,6,26H,4-5,7-8,20H2,1H3,(H,21,22). The molecule has 0 unspecified atom stereocenters. The molecule has 3 aromatic rings. The maximum atomic E-state index is 12.3. The Kier molecular flexibility index (Phi) is 5.30. The van der Waals surface area contributed by atoms with Crippen molar-refractivity contribution >= 4 is 28.9 Å². The SMILES string of the molecule is Cc1nn2c(N)c(C#N)c(NCCc3cccn(CCO)c3=O)nc2c1Cl. The van der Waals surface area contributed by atoms with Gasteiger partial charge in [-0.05, 0) is 19.4 Å². The molecule has 0 atom stereocenters. The van der Waals surface area contributed by atoms with Crippen LogP contribution in [-0.4, -0.2) is 37.4 Å². The molecular weight excluding hydrogens is 370 g/mol. The fourth-order valence-electron chi connectivity index (χ4n) is 2.76. The van der Waals surface area contributed by atoms with Crippen LogP contribution < -0.4 is 16.6 Å². The largest absolute Gasteiger partial charge is 0.395 e. The molecule has 0 amide bonds. The highest BCUT2D eigenvalue weighted by Crippen LogP contribution is 2.27. The first-order valence-corrected chi connectivity index (χ1v) is 8.63. The van der Waals surface area contributed by atoms with Gasteiger partial charge in [-0.1, -0.05) is 17.7 Å². The van der Waals surface area contributed by atoms with Crippen LogP contribution in [0.1, 0.15) is 16.8 Å². The van der Waals surface area contributed by atoms with Crippen LogP contribution in [-0.2, 0) is 13.0 Å². The van der Waals surface area contributed by atoms with Crippen molar-refractivity contribution in [3.05, 3.63) is 50.5 Å². The average molecular weight is 388 g/mol. The summed E-state index contributed by atoms with van der Waals surface area (Å²) < 4.78 is 2.79. The Balaban J connectivity index is 1.86. The number of nitriles is 1. The van der Waals surface area contributed by atoms with Crippen molar-refractivity contribution in [2.45, 2.75) is 19.9 Å². The molecule has 27 heavy (non-hydrogen) atoms. The number of halogens is 1. The molecule has 0 aromatic carbocycles. The van der Waals surface area contributed by atoms with Crippen LogP contribution in [0, 0.1) is 18.3 Å². The zero-order valence-corrected chi connectivity index (χ0v) is 15.4. The van der Waals surface area contributed by atoms with Crippen molar-refractivity contribution < 1.29 is 5.11 Å². The summed E-state index contributed by atoms with van der Waals surface area (Å²) in [7, 11) is 0. The molecule has 0 fully saturated rings. The molecule has 140 valence electrons. The zero-order valence-electron chi connectivity index (χ0n) is 14.6. The van der Waals surface area contributed by atoms with Gasteiger partial charge in [0.25, 0.3) is 5.56 Å². The van der Waals surface area contributed by atoms with Crippen molar-refractivity contribution in [1.82, 2.24) is 19.2 Å². The van der Waals surface area contributed by atoms with Crippen molar-refractivity contribution in [1.29, 1.82) is 5.26 Å². The molecule has 0 saturated heterocycles. The third-order valence-electron chi connectivity index (χ3n) is 4.14. The van der Waals surface area contributed by atoms with Gasteiger partial charge in [0.1, 0.15) is 28.3 Å². The summed E-state index contributed by atoms with van der Waals surface area (Å²) in [5.41, 5.74) is 7.54. The monoisotopic (exact) mass is 387 g/mol. The summed E-state index contributed by atoms with van der Waals surface area (Å²) in [6.07, 6.45) is 2.04. The van der Waals surface area contributed by atoms with Crippen molar-refractivity contribution in [3.8, 4) is 6.07 Å². The molecule has 0 saturated carbocycles. The highest BCUT2D eigenvalue weighted by atomic mass is 35.5. The Morgan fingerprint density at radius 1 is 1.48 bits per heavy atom. The molecule has 0 spiro atoms. The number of aromatic nitrogens is 4. The van der Waals surface area contributed by atoms with E-state index in [1.807, 2.05) is 6.07 Å². The van der Waals surface area contributed by atoms with Crippen molar-refractivity contribution in [3.63, 3.8) is 0 Å². The molecule has 3 aromatic heterocycles. The van der Waals surface area contributed by atoms with Crippen molar-refractivity contribution in [2.75, 3.05) is 24.2 Å². The highest BCUT2D eigenvalue weighted by Gasteiger charge is 2.18. The number of nitrogen functional groups attached to an aromatic ring is 1. The van der Waals surface area contributed by atoms with Crippen LogP contribution in [0.3, 0.4) is 0 Å². The lowest BCUT2D eigenvalue weighted by Crippen LogP contribution is -2.25. The number of rotatable bonds is 6. The normalized spacial score (nSPS) is 10.9. The van der Waals surface area contributed by atoms with E-state index in [1.54, 1.807) is 25.3 Å². The topological polar surface area (TPSA) is 134 Å². The second-order valence-electron chi connectivity index (χ2n) is 5.90. The maximum Gasteiger partial charge on any atom is 0.253 e. The summed E-state index contributed by atoms with van der Waals surface area (Å²) in [6.45, 7) is 2.22. The first-order chi connectivity index (χ1) is 13.0. The molecule has 0 aliphatic heterocycles. The Labute approximate surface area is 159 Å². The van der Waals surface area contributed by atoms with E-state index in [0.717, 1.165) is 0 Å². The Morgan fingerprint density at radius 2 is 2.26 bits per heavy atom. The van der Waals surface area contributed by atoms with E-state index < -0.39 is 0 Å². The van der Waals surface area contributed by atoms with E-state index >= 15 is 0 Å². The number of aryl methyl sites for hydroxylation is 1. The Morgan fingerprint density at radius 3 is 2.96 bits per heavy atom. The third kappa shape index (κ3) is 3.45. The third-order valence-corrected chi connectivity index (χ3v) is 4.58. The fourth-order valence-corrected chi connectivity index (χ4v) is 2.92. The van der Waals surface area contributed by atoms with E-state index in [1.165, 1.54) is 9.08 Å². The molecule has 0 aliphatic carbocycles. The number of hydrogen-bond donors (Lipinski definition) is 3. The number of aliphatic hydroxyl groups is 1. The summed E-state index contributed by atoms with van der Waals surface area (Å²) in [5.74, 6) is 0.431.